The molecule has 1 aliphatic rings. The van der Waals surface area contributed by atoms with E-state index < -0.39 is 5.91 Å². The second-order valence-corrected chi connectivity index (χ2v) is 6.66. The van der Waals surface area contributed by atoms with E-state index in [1.807, 2.05) is 36.4 Å². The molecule has 0 bridgehead atoms. The van der Waals surface area contributed by atoms with Crippen LogP contribution in [0.1, 0.15) is 10.4 Å². The summed E-state index contributed by atoms with van der Waals surface area (Å²) in [5.41, 5.74) is 8.70. The van der Waals surface area contributed by atoms with Gasteiger partial charge in [0.25, 0.3) is 0 Å². The minimum absolute atomic E-state index is 0.406. The molecule has 1 amide bonds. The molecule has 4 rings (SSSR count). The van der Waals surface area contributed by atoms with E-state index in [2.05, 4.69) is 20.0 Å². The third kappa shape index (κ3) is 3.04. The summed E-state index contributed by atoms with van der Waals surface area (Å²) in [7, 11) is 0. The Morgan fingerprint density at radius 1 is 1.04 bits per heavy atom. The molecule has 1 aliphatic heterocycles. The predicted octanol–water partition coefficient (Wildman–Crippen LogP) is 2.71. The molecule has 26 heavy (non-hydrogen) atoms. The summed E-state index contributed by atoms with van der Waals surface area (Å²) in [6, 6.07) is 13.2. The third-order valence-corrected chi connectivity index (χ3v) is 5.02. The van der Waals surface area contributed by atoms with Crippen LogP contribution in [0.5, 0.6) is 0 Å². The Hall–Kier alpha value is -2.86. The first kappa shape index (κ1) is 16.6. The molecule has 0 atom stereocenters. The molecule has 2 aromatic carbocycles. The Labute approximate surface area is 156 Å². The molecule has 0 unspecified atom stereocenters. The smallest absolute Gasteiger partial charge is 0.248 e. The zero-order valence-corrected chi connectivity index (χ0v) is 14.9. The Balaban J connectivity index is 1.55. The number of nitrogens with two attached hydrogens (primary N) is 1. The summed E-state index contributed by atoms with van der Waals surface area (Å²) < 4.78 is 0. The van der Waals surface area contributed by atoms with Crippen molar-refractivity contribution in [2.24, 2.45) is 5.73 Å². The molecule has 132 valence electrons. The number of carbonyl (C=O) groups excluding carboxylic acids is 1. The number of hydrogen-bond donors (Lipinski definition) is 1. The van der Waals surface area contributed by atoms with Crippen LogP contribution in [0.25, 0.3) is 10.9 Å². The van der Waals surface area contributed by atoms with Crippen LogP contribution in [0.15, 0.2) is 48.7 Å². The molecular formula is C19H18ClN5O. The zero-order chi connectivity index (χ0) is 18.1. The van der Waals surface area contributed by atoms with Gasteiger partial charge in [-0.3, -0.25) is 4.79 Å². The third-order valence-electron chi connectivity index (χ3n) is 4.72. The highest BCUT2D eigenvalue weighted by Gasteiger charge is 2.20. The second-order valence-electron chi connectivity index (χ2n) is 6.25. The lowest BCUT2D eigenvalue weighted by molar-refractivity contribution is 0.100. The molecule has 2 N–H and O–H groups in total. The van der Waals surface area contributed by atoms with E-state index in [0.717, 1.165) is 48.5 Å². The molecule has 2 heterocycles. The molecule has 0 aliphatic carbocycles. The van der Waals surface area contributed by atoms with Crippen LogP contribution >= 0.6 is 11.6 Å². The molecule has 1 saturated heterocycles. The van der Waals surface area contributed by atoms with E-state index in [1.165, 1.54) is 0 Å². The monoisotopic (exact) mass is 367 g/mol. The van der Waals surface area contributed by atoms with Crippen molar-refractivity contribution >= 4 is 39.8 Å². The summed E-state index contributed by atoms with van der Waals surface area (Å²) in [4.78, 5) is 15.9. The van der Waals surface area contributed by atoms with Crippen molar-refractivity contribution in [3.8, 4) is 0 Å². The van der Waals surface area contributed by atoms with Crippen LogP contribution in [0.3, 0.4) is 0 Å². The van der Waals surface area contributed by atoms with Gasteiger partial charge in [0.1, 0.15) is 5.52 Å². The highest BCUT2D eigenvalue weighted by atomic mass is 35.5. The molecule has 0 spiro atoms. The van der Waals surface area contributed by atoms with Gasteiger partial charge in [0.05, 0.1) is 16.9 Å². The number of primary amides is 1. The van der Waals surface area contributed by atoms with Crippen molar-refractivity contribution in [2.75, 3.05) is 36.0 Å². The van der Waals surface area contributed by atoms with Gasteiger partial charge in [-0.1, -0.05) is 29.8 Å². The van der Waals surface area contributed by atoms with Crippen molar-refractivity contribution in [1.82, 2.24) is 10.2 Å². The topological polar surface area (TPSA) is 75.4 Å². The number of amides is 1. The minimum Gasteiger partial charge on any atom is -0.368 e. The van der Waals surface area contributed by atoms with E-state index in [9.17, 15) is 4.79 Å². The second kappa shape index (κ2) is 6.80. The van der Waals surface area contributed by atoms with Crippen LogP contribution in [-0.2, 0) is 0 Å². The lowest BCUT2D eigenvalue weighted by atomic mass is 10.1. The van der Waals surface area contributed by atoms with Gasteiger partial charge >= 0.3 is 0 Å². The first-order valence-electron chi connectivity index (χ1n) is 8.43. The SMILES string of the molecule is NC(=O)c1cccc(N2CCN(c3cnnc4c(Cl)cccc34)CC2)c1. The van der Waals surface area contributed by atoms with Crippen LogP contribution < -0.4 is 15.5 Å². The van der Waals surface area contributed by atoms with Gasteiger partial charge < -0.3 is 15.5 Å². The largest absolute Gasteiger partial charge is 0.368 e. The maximum absolute atomic E-state index is 11.4. The van der Waals surface area contributed by atoms with Crippen molar-refractivity contribution in [2.45, 2.75) is 0 Å². The zero-order valence-electron chi connectivity index (χ0n) is 14.1. The van der Waals surface area contributed by atoms with E-state index in [4.69, 9.17) is 17.3 Å². The lowest BCUT2D eigenvalue weighted by Crippen LogP contribution is -2.46. The van der Waals surface area contributed by atoms with Crippen molar-refractivity contribution in [3.05, 3.63) is 59.2 Å². The van der Waals surface area contributed by atoms with Crippen LogP contribution in [0.2, 0.25) is 5.02 Å². The van der Waals surface area contributed by atoms with Crippen LogP contribution in [0.4, 0.5) is 11.4 Å². The Bertz CT molecular complexity index is 969. The van der Waals surface area contributed by atoms with Crippen LogP contribution in [-0.4, -0.2) is 42.3 Å². The summed E-state index contributed by atoms with van der Waals surface area (Å²) in [6.45, 7) is 3.36. The number of nitrogens with zero attached hydrogens (tertiary/aromatic N) is 4. The number of hydrogen-bond acceptors (Lipinski definition) is 5. The first-order chi connectivity index (χ1) is 12.6. The molecule has 1 fully saturated rings. The van der Waals surface area contributed by atoms with Crippen molar-refractivity contribution in [1.29, 1.82) is 0 Å². The number of fused-ring (bicyclic) bond motifs is 1. The van der Waals surface area contributed by atoms with E-state index in [1.54, 1.807) is 12.3 Å². The normalized spacial score (nSPS) is 14.7. The van der Waals surface area contributed by atoms with E-state index in [-0.39, 0.29) is 0 Å². The Kier molecular flexibility index (Phi) is 4.34. The highest BCUT2D eigenvalue weighted by molar-refractivity contribution is 6.35. The van der Waals surface area contributed by atoms with Crippen LogP contribution in [0, 0.1) is 0 Å². The fourth-order valence-corrected chi connectivity index (χ4v) is 3.56. The van der Waals surface area contributed by atoms with Gasteiger partial charge in [-0.25, -0.2) is 0 Å². The van der Waals surface area contributed by atoms with E-state index in [0.29, 0.717) is 10.6 Å². The number of rotatable bonds is 3. The van der Waals surface area contributed by atoms with Gasteiger partial charge in [-0.2, -0.15) is 5.10 Å². The van der Waals surface area contributed by atoms with Gasteiger partial charge in [0.15, 0.2) is 0 Å². The first-order valence-corrected chi connectivity index (χ1v) is 8.81. The molecule has 6 nitrogen and oxygen atoms in total. The Morgan fingerprint density at radius 3 is 2.54 bits per heavy atom. The number of halogens is 1. The van der Waals surface area contributed by atoms with Gasteiger partial charge in [0, 0.05) is 42.8 Å². The number of carbonyl (C=O) groups is 1. The minimum atomic E-state index is -0.406. The maximum Gasteiger partial charge on any atom is 0.248 e. The average Bonchev–Trinajstić information content (AvgIpc) is 2.68. The maximum atomic E-state index is 11.4. The summed E-state index contributed by atoms with van der Waals surface area (Å²) in [6.07, 6.45) is 1.79. The molecule has 1 aromatic heterocycles. The van der Waals surface area contributed by atoms with Gasteiger partial charge in [-0.15, -0.1) is 5.10 Å². The standard InChI is InChI=1S/C19H18ClN5O/c20-16-6-2-5-15-17(12-22-23-18(15)16)25-9-7-24(8-10-25)14-4-1-3-13(11-14)19(21)26/h1-6,11-12H,7-10H2,(H2,21,26). The highest BCUT2D eigenvalue weighted by Crippen LogP contribution is 2.30. The van der Waals surface area contributed by atoms with Crippen molar-refractivity contribution < 1.29 is 4.79 Å². The van der Waals surface area contributed by atoms with Crippen molar-refractivity contribution in [3.63, 3.8) is 0 Å². The number of aromatic nitrogens is 2. The number of anilines is 2. The van der Waals surface area contributed by atoms with E-state index >= 15 is 0 Å². The molecule has 0 radical (unpaired) electrons. The molecular weight excluding hydrogens is 350 g/mol. The Morgan fingerprint density at radius 2 is 1.77 bits per heavy atom. The molecule has 7 heteroatoms. The molecule has 3 aromatic rings. The predicted molar refractivity (Wildman–Crippen MR) is 104 cm³/mol. The fourth-order valence-electron chi connectivity index (χ4n) is 3.35. The molecule has 0 saturated carbocycles. The summed E-state index contributed by atoms with van der Waals surface area (Å²) in [5, 5.41) is 9.90. The van der Waals surface area contributed by atoms with Gasteiger partial charge in [-0.05, 0) is 24.3 Å². The quantitative estimate of drug-likeness (QED) is 0.770. The fraction of sp³-hybridized carbons (Fsp3) is 0.211. The average molecular weight is 368 g/mol. The van der Waals surface area contributed by atoms with Gasteiger partial charge in [0.2, 0.25) is 5.91 Å². The summed E-state index contributed by atoms with van der Waals surface area (Å²) in [5.74, 6) is -0.406. The number of benzene rings is 2. The lowest BCUT2D eigenvalue weighted by Gasteiger charge is -2.37. The number of piperazine rings is 1. The summed E-state index contributed by atoms with van der Waals surface area (Å²) >= 11 is 6.24.